The van der Waals surface area contributed by atoms with Gasteiger partial charge in [-0.3, -0.25) is 9.69 Å². The lowest BCUT2D eigenvalue weighted by Gasteiger charge is -2.29. The van der Waals surface area contributed by atoms with E-state index in [0.717, 1.165) is 55.3 Å². The van der Waals surface area contributed by atoms with Crippen LogP contribution in [0.3, 0.4) is 0 Å². The number of hydrogen-bond donors (Lipinski definition) is 1. The van der Waals surface area contributed by atoms with E-state index in [-0.39, 0.29) is 5.91 Å². The zero-order valence-corrected chi connectivity index (χ0v) is 17.5. The van der Waals surface area contributed by atoms with Crippen LogP contribution in [0.15, 0.2) is 36.4 Å². The first-order chi connectivity index (χ1) is 14.1. The molecule has 0 saturated carbocycles. The van der Waals surface area contributed by atoms with E-state index in [4.69, 9.17) is 14.2 Å². The first kappa shape index (κ1) is 21.0. The lowest BCUT2D eigenvalue weighted by molar-refractivity contribution is -0.121. The van der Waals surface area contributed by atoms with Gasteiger partial charge in [-0.05, 0) is 53.8 Å². The maximum absolute atomic E-state index is 12.2. The predicted octanol–water partition coefficient (Wildman–Crippen LogP) is 2.82. The van der Waals surface area contributed by atoms with E-state index in [1.165, 1.54) is 11.1 Å². The Bertz CT molecular complexity index is 838. The molecule has 0 unspecified atom stereocenters. The molecule has 1 aliphatic heterocycles. The highest BCUT2D eigenvalue weighted by molar-refractivity contribution is 5.76. The van der Waals surface area contributed by atoms with Crippen molar-refractivity contribution in [1.29, 1.82) is 0 Å². The highest BCUT2D eigenvalue weighted by Gasteiger charge is 2.19. The van der Waals surface area contributed by atoms with E-state index in [0.29, 0.717) is 13.0 Å². The summed E-state index contributed by atoms with van der Waals surface area (Å²) in [5.41, 5.74) is 3.69. The molecule has 29 heavy (non-hydrogen) atoms. The Hall–Kier alpha value is -2.73. The van der Waals surface area contributed by atoms with Crippen LogP contribution < -0.4 is 19.5 Å². The van der Waals surface area contributed by atoms with Gasteiger partial charge in [0.15, 0.2) is 11.5 Å². The lowest BCUT2D eigenvalue weighted by atomic mass is 9.98. The number of carbonyl (C=O) groups is 1. The lowest BCUT2D eigenvalue weighted by Crippen LogP contribution is -2.35. The fraction of sp³-hybridized carbons (Fsp3) is 0.435. The molecule has 1 amide bonds. The summed E-state index contributed by atoms with van der Waals surface area (Å²) in [5, 5.41) is 3.02. The summed E-state index contributed by atoms with van der Waals surface area (Å²) in [7, 11) is 4.97. The van der Waals surface area contributed by atoms with Gasteiger partial charge in [0.2, 0.25) is 5.91 Å². The van der Waals surface area contributed by atoms with Gasteiger partial charge in [0.25, 0.3) is 0 Å². The number of hydrogen-bond acceptors (Lipinski definition) is 5. The molecule has 0 atom stereocenters. The Morgan fingerprint density at radius 2 is 1.79 bits per heavy atom. The van der Waals surface area contributed by atoms with Gasteiger partial charge >= 0.3 is 0 Å². The fourth-order valence-electron chi connectivity index (χ4n) is 3.65. The number of benzene rings is 2. The van der Waals surface area contributed by atoms with E-state index in [1.807, 2.05) is 24.3 Å². The molecule has 3 rings (SSSR count). The zero-order chi connectivity index (χ0) is 20.6. The molecule has 0 aromatic heterocycles. The van der Waals surface area contributed by atoms with Crippen LogP contribution >= 0.6 is 0 Å². The summed E-state index contributed by atoms with van der Waals surface area (Å²) in [4.78, 5) is 14.5. The number of ether oxygens (including phenoxy) is 3. The number of nitrogens with one attached hydrogen (secondary N) is 1. The number of amides is 1. The highest BCUT2D eigenvalue weighted by atomic mass is 16.5. The molecule has 0 radical (unpaired) electrons. The van der Waals surface area contributed by atoms with Gasteiger partial charge in [-0.15, -0.1) is 0 Å². The van der Waals surface area contributed by atoms with Gasteiger partial charge < -0.3 is 19.5 Å². The van der Waals surface area contributed by atoms with Crippen LogP contribution in [0.2, 0.25) is 0 Å². The Kier molecular flexibility index (Phi) is 7.36. The molecule has 0 fully saturated rings. The molecule has 6 heteroatoms. The molecular weight excluding hydrogens is 368 g/mol. The smallest absolute Gasteiger partial charge is 0.221 e. The minimum Gasteiger partial charge on any atom is -0.497 e. The van der Waals surface area contributed by atoms with Crippen molar-refractivity contribution >= 4 is 5.91 Å². The van der Waals surface area contributed by atoms with Crippen LogP contribution in [0.1, 0.15) is 23.1 Å². The van der Waals surface area contributed by atoms with Crippen molar-refractivity contribution in [1.82, 2.24) is 10.2 Å². The van der Waals surface area contributed by atoms with Crippen molar-refractivity contribution in [2.24, 2.45) is 0 Å². The summed E-state index contributed by atoms with van der Waals surface area (Å²) in [6.45, 7) is 3.15. The summed E-state index contributed by atoms with van der Waals surface area (Å²) in [6.07, 6.45) is 2.25. The predicted molar refractivity (Wildman–Crippen MR) is 113 cm³/mol. The number of fused-ring (bicyclic) bond motifs is 1. The average Bonchev–Trinajstić information content (AvgIpc) is 2.76. The minimum atomic E-state index is 0.0889. The quantitative estimate of drug-likeness (QED) is 0.704. The molecule has 156 valence electrons. The van der Waals surface area contributed by atoms with E-state index in [1.54, 1.807) is 21.3 Å². The van der Waals surface area contributed by atoms with Crippen molar-refractivity contribution in [3.05, 3.63) is 53.1 Å². The van der Waals surface area contributed by atoms with Crippen LogP contribution in [0.4, 0.5) is 0 Å². The van der Waals surface area contributed by atoms with Gasteiger partial charge in [0, 0.05) is 32.6 Å². The molecule has 0 bridgehead atoms. The molecule has 1 heterocycles. The van der Waals surface area contributed by atoms with Crippen LogP contribution in [0.25, 0.3) is 0 Å². The first-order valence-corrected chi connectivity index (χ1v) is 9.98. The van der Waals surface area contributed by atoms with E-state index in [9.17, 15) is 4.79 Å². The number of nitrogens with zero attached hydrogens (tertiary/aromatic N) is 1. The molecule has 2 aromatic carbocycles. The zero-order valence-electron chi connectivity index (χ0n) is 17.5. The standard InChI is InChI=1S/C23H30N2O4/c1-27-20-6-4-5-17(13-20)7-10-24-23(26)9-12-25-11-8-18-14-21(28-2)22(29-3)15-19(18)16-25/h4-6,13-15H,7-12,16H2,1-3H3,(H,24,26). The third kappa shape index (κ3) is 5.64. The number of rotatable bonds is 9. The third-order valence-electron chi connectivity index (χ3n) is 5.32. The fourth-order valence-corrected chi connectivity index (χ4v) is 3.65. The normalized spacial score (nSPS) is 13.5. The van der Waals surface area contributed by atoms with Gasteiger partial charge in [-0.1, -0.05) is 12.1 Å². The topological polar surface area (TPSA) is 60.0 Å². The Balaban J connectivity index is 1.44. The van der Waals surface area contributed by atoms with Crippen molar-refractivity contribution in [2.75, 3.05) is 41.0 Å². The minimum absolute atomic E-state index is 0.0889. The van der Waals surface area contributed by atoms with Gasteiger partial charge in [0.1, 0.15) is 5.75 Å². The largest absolute Gasteiger partial charge is 0.497 e. The molecular formula is C23H30N2O4. The molecule has 2 aromatic rings. The Morgan fingerprint density at radius 3 is 2.52 bits per heavy atom. The highest BCUT2D eigenvalue weighted by Crippen LogP contribution is 2.33. The molecule has 6 nitrogen and oxygen atoms in total. The number of carbonyl (C=O) groups excluding carboxylic acids is 1. The van der Waals surface area contributed by atoms with Crippen molar-refractivity contribution in [3.8, 4) is 17.2 Å². The van der Waals surface area contributed by atoms with Crippen LogP contribution in [-0.4, -0.2) is 51.8 Å². The summed E-state index contributed by atoms with van der Waals surface area (Å²) < 4.78 is 16.0. The molecule has 1 N–H and O–H groups in total. The van der Waals surface area contributed by atoms with Crippen molar-refractivity contribution < 1.29 is 19.0 Å². The van der Waals surface area contributed by atoms with Gasteiger partial charge in [-0.2, -0.15) is 0 Å². The second-order valence-electron chi connectivity index (χ2n) is 7.20. The van der Waals surface area contributed by atoms with E-state index >= 15 is 0 Å². The molecule has 1 aliphatic rings. The third-order valence-corrected chi connectivity index (χ3v) is 5.32. The molecule has 0 aliphatic carbocycles. The van der Waals surface area contributed by atoms with E-state index < -0.39 is 0 Å². The summed E-state index contributed by atoms with van der Waals surface area (Å²) in [5.74, 6) is 2.46. The maximum atomic E-state index is 12.2. The summed E-state index contributed by atoms with van der Waals surface area (Å²) in [6, 6.07) is 12.0. The first-order valence-electron chi connectivity index (χ1n) is 9.98. The van der Waals surface area contributed by atoms with Crippen LogP contribution in [-0.2, 0) is 24.2 Å². The van der Waals surface area contributed by atoms with Crippen LogP contribution in [0, 0.1) is 0 Å². The Morgan fingerprint density at radius 1 is 1.03 bits per heavy atom. The van der Waals surface area contributed by atoms with Crippen molar-refractivity contribution in [3.63, 3.8) is 0 Å². The SMILES string of the molecule is COc1cccc(CCNC(=O)CCN2CCc3cc(OC)c(OC)cc3C2)c1. The second kappa shape index (κ2) is 10.2. The van der Waals surface area contributed by atoms with Crippen LogP contribution in [0.5, 0.6) is 17.2 Å². The molecule has 0 saturated heterocycles. The van der Waals surface area contributed by atoms with E-state index in [2.05, 4.69) is 22.3 Å². The maximum Gasteiger partial charge on any atom is 0.221 e. The summed E-state index contributed by atoms with van der Waals surface area (Å²) >= 11 is 0. The molecule has 0 spiro atoms. The number of methoxy groups -OCH3 is 3. The monoisotopic (exact) mass is 398 g/mol. The second-order valence-corrected chi connectivity index (χ2v) is 7.20. The Labute approximate surface area is 172 Å². The van der Waals surface area contributed by atoms with Gasteiger partial charge in [-0.25, -0.2) is 0 Å². The average molecular weight is 399 g/mol. The van der Waals surface area contributed by atoms with Gasteiger partial charge in [0.05, 0.1) is 21.3 Å². The van der Waals surface area contributed by atoms with Crippen molar-refractivity contribution in [2.45, 2.75) is 25.8 Å².